The number of sulfonamides is 1. The number of hydrogen-bond donors (Lipinski definition) is 2. The Morgan fingerprint density at radius 2 is 1.64 bits per heavy atom. The average Bonchev–Trinajstić information content (AvgIpc) is 2.47. The van der Waals surface area contributed by atoms with Gasteiger partial charge in [-0.05, 0) is 42.5 Å². The largest absolute Gasteiger partial charge is 0.418 e. The van der Waals surface area contributed by atoms with E-state index in [4.69, 9.17) is 0 Å². The second-order valence-electron chi connectivity index (χ2n) is 5.00. The standard InChI is InChI=1S/C15H12F4N2O3S/c1-9(22)20-11-4-7-14(13(8-11)15(17,18)19)21-25(23,24)12-5-2-10(16)3-6-12/h2-8,21H,1H3,(H,20,22). The minimum atomic E-state index is -4.87. The van der Waals surface area contributed by atoms with Crippen molar-refractivity contribution in [1.82, 2.24) is 0 Å². The van der Waals surface area contributed by atoms with E-state index in [-0.39, 0.29) is 5.69 Å². The highest BCUT2D eigenvalue weighted by molar-refractivity contribution is 7.92. The van der Waals surface area contributed by atoms with Crippen LogP contribution in [0.25, 0.3) is 0 Å². The third-order valence-corrected chi connectivity index (χ3v) is 4.40. The van der Waals surface area contributed by atoms with Crippen molar-refractivity contribution in [2.45, 2.75) is 18.0 Å². The Kier molecular flexibility index (Phi) is 5.02. The van der Waals surface area contributed by atoms with Crippen LogP contribution in [0.5, 0.6) is 0 Å². The van der Waals surface area contributed by atoms with E-state index in [0.717, 1.165) is 43.3 Å². The summed E-state index contributed by atoms with van der Waals surface area (Å²) in [6.07, 6.45) is -4.87. The second kappa shape index (κ2) is 6.71. The fourth-order valence-corrected chi connectivity index (χ4v) is 3.05. The molecular formula is C15H12F4N2O3S. The first kappa shape index (κ1) is 18.7. The van der Waals surface area contributed by atoms with Crippen LogP contribution in [0.3, 0.4) is 0 Å². The molecule has 0 heterocycles. The Morgan fingerprint density at radius 3 is 2.16 bits per heavy atom. The first-order valence-electron chi connectivity index (χ1n) is 6.76. The lowest BCUT2D eigenvalue weighted by atomic mass is 10.1. The molecule has 0 saturated carbocycles. The quantitative estimate of drug-likeness (QED) is 0.801. The van der Waals surface area contributed by atoms with E-state index < -0.39 is 44.1 Å². The molecule has 0 fully saturated rings. The maximum absolute atomic E-state index is 13.2. The van der Waals surface area contributed by atoms with E-state index in [1.807, 2.05) is 4.72 Å². The van der Waals surface area contributed by atoms with Crippen molar-refractivity contribution in [3.63, 3.8) is 0 Å². The molecule has 10 heteroatoms. The summed E-state index contributed by atoms with van der Waals surface area (Å²) in [6, 6.07) is 6.23. The van der Waals surface area contributed by atoms with Gasteiger partial charge in [0.2, 0.25) is 5.91 Å². The summed E-state index contributed by atoms with van der Waals surface area (Å²) in [7, 11) is -4.35. The van der Waals surface area contributed by atoms with Crippen LogP contribution in [0.15, 0.2) is 47.4 Å². The van der Waals surface area contributed by atoms with E-state index in [9.17, 15) is 30.8 Å². The minimum absolute atomic E-state index is 0.135. The summed E-state index contributed by atoms with van der Waals surface area (Å²) in [5.74, 6) is -1.26. The van der Waals surface area contributed by atoms with E-state index >= 15 is 0 Å². The Labute approximate surface area is 140 Å². The van der Waals surface area contributed by atoms with Crippen LogP contribution in [0.2, 0.25) is 0 Å². The molecule has 1 amide bonds. The molecule has 0 aromatic heterocycles. The molecule has 0 aliphatic heterocycles. The summed E-state index contributed by atoms with van der Waals surface area (Å²) in [5, 5.41) is 2.19. The van der Waals surface area contributed by atoms with Gasteiger partial charge in [0.05, 0.1) is 16.1 Å². The van der Waals surface area contributed by atoms with Crippen LogP contribution in [-0.2, 0) is 21.0 Å². The summed E-state index contributed by atoms with van der Waals surface area (Å²) in [5.41, 5.74) is -2.13. The fourth-order valence-electron chi connectivity index (χ4n) is 1.97. The van der Waals surface area contributed by atoms with Crippen molar-refractivity contribution in [1.29, 1.82) is 0 Å². The first-order chi connectivity index (χ1) is 11.5. The molecule has 0 unspecified atom stereocenters. The molecule has 2 N–H and O–H groups in total. The van der Waals surface area contributed by atoms with Crippen LogP contribution in [-0.4, -0.2) is 14.3 Å². The molecule has 0 spiro atoms. The highest BCUT2D eigenvalue weighted by atomic mass is 32.2. The molecule has 0 aliphatic carbocycles. The molecule has 2 aromatic rings. The van der Waals surface area contributed by atoms with Gasteiger partial charge in [-0.3, -0.25) is 9.52 Å². The molecule has 25 heavy (non-hydrogen) atoms. The maximum Gasteiger partial charge on any atom is 0.418 e. The Bertz CT molecular complexity index is 894. The van der Waals surface area contributed by atoms with Gasteiger partial charge in [0.25, 0.3) is 10.0 Å². The van der Waals surface area contributed by atoms with Crippen molar-refractivity contribution in [2.75, 3.05) is 10.0 Å². The number of benzene rings is 2. The lowest BCUT2D eigenvalue weighted by Gasteiger charge is -2.16. The van der Waals surface area contributed by atoms with Crippen molar-refractivity contribution in [3.8, 4) is 0 Å². The zero-order chi connectivity index (χ0) is 18.8. The van der Waals surface area contributed by atoms with Crippen molar-refractivity contribution >= 4 is 27.3 Å². The van der Waals surface area contributed by atoms with Gasteiger partial charge in [-0.2, -0.15) is 13.2 Å². The van der Waals surface area contributed by atoms with Crippen LogP contribution in [0, 0.1) is 5.82 Å². The number of amides is 1. The van der Waals surface area contributed by atoms with Gasteiger partial charge in [-0.25, -0.2) is 12.8 Å². The number of halogens is 4. The minimum Gasteiger partial charge on any atom is -0.326 e. The normalized spacial score (nSPS) is 11.9. The topological polar surface area (TPSA) is 75.3 Å². The van der Waals surface area contributed by atoms with Crippen LogP contribution in [0.1, 0.15) is 12.5 Å². The molecule has 0 saturated heterocycles. The lowest BCUT2D eigenvalue weighted by Crippen LogP contribution is -2.18. The average molecular weight is 376 g/mol. The van der Waals surface area contributed by atoms with Gasteiger partial charge >= 0.3 is 6.18 Å². The molecule has 0 atom stereocenters. The third-order valence-electron chi connectivity index (χ3n) is 3.01. The van der Waals surface area contributed by atoms with Crippen molar-refractivity contribution in [2.24, 2.45) is 0 Å². The monoisotopic (exact) mass is 376 g/mol. The number of alkyl halides is 3. The first-order valence-corrected chi connectivity index (χ1v) is 8.24. The van der Waals surface area contributed by atoms with Crippen molar-refractivity contribution in [3.05, 3.63) is 53.8 Å². The predicted octanol–water partition coefficient (Wildman–Crippen LogP) is 3.60. The van der Waals surface area contributed by atoms with E-state index in [1.165, 1.54) is 0 Å². The van der Waals surface area contributed by atoms with Gasteiger partial charge in [0.1, 0.15) is 5.82 Å². The van der Waals surface area contributed by atoms with Crippen LogP contribution < -0.4 is 10.0 Å². The molecule has 0 aliphatic rings. The number of hydrogen-bond acceptors (Lipinski definition) is 3. The lowest BCUT2D eigenvalue weighted by molar-refractivity contribution is -0.136. The zero-order valence-corrected chi connectivity index (χ0v) is 13.5. The predicted molar refractivity (Wildman–Crippen MR) is 83.0 cm³/mol. The highest BCUT2D eigenvalue weighted by Gasteiger charge is 2.35. The smallest absolute Gasteiger partial charge is 0.326 e. The summed E-state index contributed by atoms with van der Waals surface area (Å²) >= 11 is 0. The molecule has 134 valence electrons. The number of carbonyl (C=O) groups is 1. The van der Waals surface area contributed by atoms with E-state index in [2.05, 4.69) is 5.32 Å². The number of nitrogens with one attached hydrogen (secondary N) is 2. The molecule has 0 bridgehead atoms. The van der Waals surface area contributed by atoms with Gasteiger partial charge in [-0.1, -0.05) is 0 Å². The third kappa shape index (κ3) is 4.69. The summed E-state index contributed by atoms with van der Waals surface area (Å²) in [6.45, 7) is 1.12. The molecule has 5 nitrogen and oxygen atoms in total. The van der Waals surface area contributed by atoms with Gasteiger partial charge in [0, 0.05) is 12.6 Å². The number of anilines is 2. The van der Waals surface area contributed by atoms with Crippen LogP contribution in [0.4, 0.5) is 28.9 Å². The second-order valence-corrected chi connectivity index (χ2v) is 6.68. The van der Waals surface area contributed by atoms with E-state index in [0.29, 0.717) is 6.07 Å². The molecule has 2 rings (SSSR count). The van der Waals surface area contributed by atoms with E-state index in [1.54, 1.807) is 0 Å². The van der Waals surface area contributed by atoms with Crippen LogP contribution >= 0.6 is 0 Å². The molecular weight excluding hydrogens is 364 g/mol. The number of rotatable bonds is 4. The van der Waals surface area contributed by atoms with Crippen molar-refractivity contribution < 1.29 is 30.8 Å². The maximum atomic E-state index is 13.2. The highest BCUT2D eigenvalue weighted by Crippen LogP contribution is 2.37. The van der Waals surface area contributed by atoms with Gasteiger partial charge in [-0.15, -0.1) is 0 Å². The van der Waals surface area contributed by atoms with Gasteiger partial charge in [0.15, 0.2) is 0 Å². The SMILES string of the molecule is CC(=O)Nc1ccc(NS(=O)(=O)c2ccc(F)cc2)c(C(F)(F)F)c1. The summed E-state index contributed by atoms with van der Waals surface area (Å²) < 4.78 is 78.7. The van der Waals surface area contributed by atoms with Gasteiger partial charge < -0.3 is 5.32 Å². The Balaban J connectivity index is 2.44. The fraction of sp³-hybridized carbons (Fsp3) is 0.133. The zero-order valence-electron chi connectivity index (χ0n) is 12.7. The molecule has 2 aromatic carbocycles. The number of carbonyl (C=O) groups excluding carboxylic acids is 1. The molecule has 0 radical (unpaired) electrons. The Hall–Kier alpha value is -2.62. The Morgan fingerprint density at radius 1 is 1.04 bits per heavy atom. The summed E-state index contributed by atoms with van der Waals surface area (Å²) in [4.78, 5) is 10.6.